The number of carboxylic acid groups (broad SMARTS) is 1. The molecule has 0 saturated heterocycles. The van der Waals surface area contributed by atoms with Crippen molar-refractivity contribution in [2.75, 3.05) is 14.2 Å². The molecule has 0 saturated carbocycles. The number of hydrogen-bond acceptors (Lipinski definition) is 4. The molecule has 0 radical (unpaired) electrons. The second-order valence-electron chi connectivity index (χ2n) is 5.57. The largest absolute Gasteiger partial charge is 0.497 e. The van der Waals surface area contributed by atoms with Crippen LogP contribution in [0.3, 0.4) is 0 Å². The van der Waals surface area contributed by atoms with Crippen LogP contribution < -0.4 is 14.2 Å². The zero-order valence-electron chi connectivity index (χ0n) is 14.3. The lowest BCUT2D eigenvalue weighted by Crippen LogP contribution is -2.29. The highest BCUT2D eigenvalue weighted by atomic mass is 16.5. The molecule has 0 fully saturated rings. The van der Waals surface area contributed by atoms with Gasteiger partial charge in [0.1, 0.15) is 17.2 Å². The Labute approximate surface area is 141 Å². The van der Waals surface area contributed by atoms with Crippen molar-refractivity contribution in [3.63, 3.8) is 0 Å². The summed E-state index contributed by atoms with van der Waals surface area (Å²) in [7, 11) is 3.11. The third kappa shape index (κ3) is 4.19. The zero-order valence-corrected chi connectivity index (χ0v) is 14.3. The van der Waals surface area contributed by atoms with E-state index >= 15 is 0 Å². The summed E-state index contributed by atoms with van der Waals surface area (Å²) in [6.07, 6.45) is -0.815. The van der Waals surface area contributed by atoms with Crippen molar-refractivity contribution in [3.05, 3.63) is 53.1 Å². The van der Waals surface area contributed by atoms with E-state index in [-0.39, 0.29) is 6.42 Å². The van der Waals surface area contributed by atoms with Crippen LogP contribution in [0.4, 0.5) is 0 Å². The Bertz CT molecular complexity index is 724. The van der Waals surface area contributed by atoms with Crippen molar-refractivity contribution in [2.45, 2.75) is 26.4 Å². The van der Waals surface area contributed by atoms with Crippen LogP contribution in [0, 0.1) is 13.8 Å². The van der Waals surface area contributed by atoms with E-state index in [0.717, 1.165) is 16.7 Å². The minimum atomic E-state index is -1.02. The molecule has 1 atom stereocenters. The first-order chi connectivity index (χ1) is 11.4. The first-order valence-corrected chi connectivity index (χ1v) is 7.62. The molecule has 0 aromatic heterocycles. The van der Waals surface area contributed by atoms with Crippen molar-refractivity contribution >= 4 is 5.97 Å². The predicted octanol–water partition coefficient (Wildman–Crippen LogP) is 3.40. The van der Waals surface area contributed by atoms with E-state index in [2.05, 4.69) is 0 Å². The molecule has 0 aliphatic heterocycles. The van der Waals surface area contributed by atoms with Crippen LogP contribution >= 0.6 is 0 Å². The van der Waals surface area contributed by atoms with Crippen molar-refractivity contribution in [1.29, 1.82) is 0 Å². The number of aryl methyl sites for hydroxylation is 2. The fraction of sp³-hybridized carbons (Fsp3) is 0.316. The maximum absolute atomic E-state index is 11.6. The summed E-state index contributed by atoms with van der Waals surface area (Å²) in [5, 5.41) is 9.49. The van der Waals surface area contributed by atoms with Gasteiger partial charge in [-0.25, -0.2) is 4.79 Å². The fourth-order valence-corrected chi connectivity index (χ4v) is 2.35. The highest BCUT2D eigenvalue weighted by Crippen LogP contribution is 2.27. The highest BCUT2D eigenvalue weighted by molar-refractivity contribution is 5.73. The standard InChI is InChI=1S/C19H22O5/c1-12-5-7-16(9-13(12)2)24-18(19(20)21)10-14-6-8-15(22-3)11-17(14)23-4/h5-9,11,18H,10H2,1-4H3,(H,20,21). The van der Waals surface area contributed by atoms with Gasteiger partial charge in [0.15, 0.2) is 6.10 Å². The lowest BCUT2D eigenvalue weighted by molar-refractivity contribution is -0.145. The summed E-state index contributed by atoms with van der Waals surface area (Å²) >= 11 is 0. The molecule has 1 unspecified atom stereocenters. The molecule has 0 aliphatic carbocycles. The molecule has 0 aliphatic rings. The van der Waals surface area contributed by atoms with Gasteiger partial charge in [0.2, 0.25) is 0 Å². The SMILES string of the molecule is COc1ccc(CC(Oc2ccc(C)c(C)c2)C(=O)O)c(OC)c1. The van der Waals surface area contributed by atoms with Crippen LogP contribution in [0.25, 0.3) is 0 Å². The lowest BCUT2D eigenvalue weighted by atomic mass is 10.1. The van der Waals surface area contributed by atoms with Crippen LogP contribution in [0.2, 0.25) is 0 Å². The smallest absolute Gasteiger partial charge is 0.345 e. The predicted molar refractivity (Wildman–Crippen MR) is 91.2 cm³/mol. The molecule has 0 spiro atoms. The fourth-order valence-electron chi connectivity index (χ4n) is 2.35. The van der Waals surface area contributed by atoms with Crippen molar-refractivity contribution in [3.8, 4) is 17.2 Å². The maximum atomic E-state index is 11.6. The number of rotatable bonds is 7. The second kappa shape index (κ2) is 7.73. The summed E-state index contributed by atoms with van der Waals surface area (Å²) in [6.45, 7) is 3.96. The molecule has 2 aromatic rings. The molecule has 1 N–H and O–H groups in total. The number of hydrogen-bond donors (Lipinski definition) is 1. The maximum Gasteiger partial charge on any atom is 0.345 e. The van der Waals surface area contributed by atoms with E-state index < -0.39 is 12.1 Å². The number of ether oxygens (including phenoxy) is 3. The van der Waals surface area contributed by atoms with Gasteiger partial charge in [0.05, 0.1) is 14.2 Å². The first-order valence-electron chi connectivity index (χ1n) is 7.62. The van der Waals surface area contributed by atoms with Gasteiger partial charge >= 0.3 is 5.97 Å². The summed E-state index contributed by atoms with van der Waals surface area (Å²) in [5.41, 5.74) is 2.93. The van der Waals surface area contributed by atoms with Gasteiger partial charge in [-0.15, -0.1) is 0 Å². The van der Waals surface area contributed by atoms with E-state index in [1.165, 1.54) is 7.11 Å². The molecule has 5 nitrogen and oxygen atoms in total. The molecular weight excluding hydrogens is 308 g/mol. The molecule has 5 heteroatoms. The Hall–Kier alpha value is -2.69. The van der Waals surface area contributed by atoms with Crippen LogP contribution in [-0.2, 0) is 11.2 Å². The van der Waals surface area contributed by atoms with Crippen molar-refractivity contribution in [2.24, 2.45) is 0 Å². The topological polar surface area (TPSA) is 65.0 Å². The number of methoxy groups -OCH3 is 2. The Morgan fingerprint density at radius 1 is 1.00 bits per heavy atom. The lowest BCUT2D eigenvalue weighted by Gasteiger charge is -2.18. The monoisotopic (exact) mass is 330 g/mol. The number of aliphatic carboxylic acids is 1. The molecule has 0 heterocycles. The molecule has 2 aromatic carbocycles. The van der Waals surface area contributed by atoms with Crippen molar-refractivity contribution < 1.29 is 24.1 Å². The van der Waals surface area contributed by atoms with Crippen LogP contribution in [0.5, 0.6) is 17.2 Å². The van der Waals surface area contributed by atoms with Crippen molar-refractivity contribution in [1.82, 2.24) is 0 Å². The Kier molecular flexibility index (Phi) is 5.68. The van der Waals surface area contributed by atoms with Gasteiger partial charge in [-0.2, -0.15) is 0 Å². The second-order valence-corrected chi connectivity index (χ2v) is 5.57. The normalized spacial score (nSPS) is 11.7. The number of carboxylic acids is 1. The summed E-state index contributed by atoms with van der Waals surface area (Å²) < 4.78 is 16.2. The first kappa shape index (κ1) is 17.7. The van der Waals surface area contributed by atoms with E-state index in [9.17, 15) is 9.90 Å². The molecular formula is C19H22O5. The molecule has 128 valence electrons. The zero-order chi connectivity index (χ0) is 17.7. The summed E-state index contributed by atoms with van der Waals surface area (Å²) in [6, 6.07) is 10.8. The summed E-state index contributed by atoms with van der Waals surface area (Å²) in [4.78, 5) is 11.6. The van der Waals surface area contributed by atoms with Gasteiger partial charge in [-0.3, -0.25) is 0 Å². The van der Waals surface area contributed by atoms with E-state index in [4.69, 9.17) is 14.2 Å². The summed E-state index contributed by atoms with van der Waals surface area (Å²) in [5.74, 6) is 0.742. The molecule has 24 heavy (non-hydrogen) atoms. The highest BCUT2D eigenvalue weighted by Gasteiger charge is 2.22. The van der Waals surface area contributed by atoms with Crippen LogP contribution in [-0.4, -0.2) is 31.4 Å². The van der Waals surface area contributed by atoms with Gasteiger partial charge in [0.25, 0.3) is 0 Å². The third-order valence-electron chi connectivity index (χ3n) is 3.93. The Morgan fingerprint density at radius 3 is 2.29 bits per heavy atom. The number of benzene rings is 2. The molecule has 0 bridgehead atoms. The number of carbonyl (C=O) groups is 1. The van der Waals surface area contributed by atoms with E-state index in [0.29, 0.717) is 17.2 Å². The Morgan fingerprint density at radius 2 is 1.71 bits per heavy atom. The van der Waals surface area contributed by atoms with Gasteiger partial charge in [-0.05, 0) is 48.7 Å². The average molecular weight is 330 g/mol. The molecule has 0 amide bonds. The van der Waals surface area contributed by atoms with E-state index in [1.54, 1.807) is 31.4 Å². The van der Waals surface area contributed by atoms with Crippen LogP contribution in [0.1, 0.15) is 16.7 Å². The Balaban J connectivity index is 2.22. The molecule has 2 rings (SSSR count). The van der Waals surface area contributed by atoms with Crippen LogP contribution in [0.15, 0.2) is 36.4 Å². The quantitative estimate of drug-likeness (QED) is 0.843. The minimum Gasteiger partial charge on any atom is -0.497 e. The van der Waals surface area contributed by atoms with Gasteiger partial charge < -0.3 is 19.3 Å². The third-order valence-corrected chi connectivity index (χ3v) is 3.93. The van der Waals surface area contributed by atoms with Gasteiger partial charge in [-0.1, -0.05) is 12.1 Å². The average Bonchev–Trinajstić information content (AvgIpc) is 2.57. The van der Waals surface area contributed by atoms with Gasteiger partial charge in [0, 0.05) is 12.5 Å². The minimum absolute atomic E-state index is 0.190. The van der Waals surface area contributed by atoms with E-state index in [1.807, 2.05) is 26.0 Å².